The first-order valence-corrected chi connectivity index (χ1v) is 7.74. The first-order valence-electron chi connectivity index (χ1n) is 7.74. The van der Waals surface area contributed by atoms with Crippen LogP contribution < -0.4 is 5.32 Å². The van der Waals surface area contributed by atoms with Crippen molar-refractivity contribution in [2.75, 3.05) is 19.6 Å². The van der Waals surface area contributed by atoms with E-state index in [4.69, 9.17) is 0 Å². The van der Waals surface area contributed by atoms with Crippen molar-refractivity contribution in [3.8, 4) is 0 Å². The van der Waals surface area contributed by atoms with Gasteiger partial charge in [-0.25, -0.2) is 4.98 Å². The summed E-state index contributed by atoms with van der Waals surface area (Å²) in [6.45, 7) is 8.56. The predicted octanol–water partition coefficient (Wildman–Crippen LogP) is 2.23. The van der Waals surface area contributed by atoms with Crippen LogP contribution in [-0.2, 0) is 6.54 Å². The number of hydrogen-bond donors (Lipinski definition) is 1. The predicted molar refractivity (Wildman–Crippen MR) is 85.2 cm³/mol. The van der Waals surface area contributed by atoms with E-state index in [-0.39, 0.29) is 0 Å². The monoisotopic (exact) mass is 284 g/mol. The zero-order chi connectivity index (χ0) is 14.7. The van der Waals surface area contributed by atoms with Gasteiger partial charge in [-0.3, -0.25) is 4.90 Å². The number of aryl methyl sites for hydroxylation is 1. The summed E-state index contributed by atoms with van der Waals surface area (Å²) in [4.78, 5) is 6.87. The Hall–Kier alpha value is -1.65. The van der Waals surface area contributed by atoms with E-state index in [2.05, 4.69) is 70.1 Å². The van der Waals surface area contributed by atoms with Crippen LogP contribution in [-0.4, -0.2) is 40.1 Å². The summed E-state index contributed by atoms with van der Waals surface area (Å²) in [7, 11) is 0. The highest BCUT2D eigenvalue weighted by molar-refractivity contribution is 5.20. The molecular formula is C17H24N4. The molecule has 1 aliphatic heterocycles. The Morgan fingerprint density at radius 2 is 2.05 bits per heavy atom. The molecule has 0 amide bonds. The molecule has 112 valence electrons. The number of imidazole rings is 1. The van der Waals surface area contributed by atoms with Gasteiger partial charge in [0, 0.05) is 50.7 Å². The van der Waals surface area contributed by atoms with E-state index in [1.165, 1.54) is 5.56 Å². The Kier molecular flexibility index (Phi) is 4.36. The van der Waals surface area contributed by atoms with Crippen LogP contribution in [0.3, 0.4) is 0 Å². The summed E-state index contributed by atoms with van der Waals surface area (Å²) in [5, 5.41) is 3.66. The Morgan fingerprint density at radius 3 is 2.76 bits per heavy atom. The van der Waals surface area contributed by atoms with Crippen LogP contribution in [0.25, 0.3) is 0 Å². The third kappa shape index (κ3) is 3.34. The van der Waals surface area contributed by atoms with Gasteiger partial charge < -0.3 is 9.88 Å². The molecule has 1 N–H and O–H groups in total. The van der Waals surface area contributed by atoms with Gasteiger partial charge in [0.25, 0.3) is 0 Å². The molecule has 0 spiro atoms. The van der Waals surface area contributed by atoms with Crippen LogP contribution in [0.1, 0.15) is 24.4 Å². The highest BCUT2D eigenvalue weighted by Crippen LogP contribution is 2.19. The zero-order valence-electron chi connectivity index (χ0n) is 12.9. The van der Waals surface area contributed by atoms with Crippen molar-refractivity contribution in [1.82, 2.24) is 19.8 Å². The molecule has 2 unspecified atom stereocenters. The number of benzene rings is 1. The van der Waals surface area contributed by atoms with Gasteiger partial charge in [-0.05, 0) is 19.4 Å². The van der Waals surface area contributed by atoms with E-state index in [1.54, 1.807) is 0 Å². The maximum absolute atomic E-state index is 4.29. The van der Waals surface area contributed by atoms with Crippen LogP contribution >= 0.6 is 0 Å². The Morgan fingerprint density at radius 1 is 1.24 bits per heavy atom. The average molecular weight is 284 g/mol. The van der Waals surface area contributed by atoms with Crippen molar-refractivity contribution in [1.29, 1.82) is 0 Å². The number of nitrogens with one attached hydrogen (secondary N) is 1. The quantitative estimate of drug-likeness (QED) is 0.934. The molecule has 0 aliphatic carbocycles. The molecule has 1 aromatic heterocycles. The summed E-state index contributed by atoms with van der Waals surface area (Å²) in [5.41, 5.74) is 1.38. The second-order valence-corrected chi connectivity index (χ2v) is 5.88. The molecule has 1 aliphatic rings. The van der Waals surface area contributed by atoms with Crippen molar-refractivity contribution in [3.05, 3.63) is 54.1 Å². The van der Waals surface area contributed by atoms with E-state index < -0.39 is 0 Å². The van der Waals surface area contributed by atoms with Crippen molar-refractivity contribution in [2.45, 2.75) is 32.5 Å². The molecule has 1 fully saturated rings. The van der Waals surface area contributed by atoms with Crippen LogP contribution in [0.4, 0.5) is 0 Å². The molecule has 2 atom stereocenters. The minimum atomic E-state index is 0.436. The smallest absolute Gasteiger partial charge is 0.105 e. The van der Waals surface area contributed by atoms with Crippen LogP contribution in [0.5, 0.6) is 0 Å². The lowest BCUT2D eigenvalue weighted by molar-refractivity contribution is 0.136. The highest BCUT2D eigenvalue weighted by atomic mass is 15.2. The molecule has 0 saturated carbocycles. The first kappa shape index (κ1) is 14.3. The summed E-state index contributed by atoms with van der Waals surface area (Å²) >= 11 is 0. The highest BCUT2D eigenvalue weighted by Gasteiger charge is 2.25. The fourth-order valence-corrected chi connectivity index (χ4v) is 3.02. The van der Waals surface area contributed by atoms with E-state index in [9.17, 15) is 0 Å². The van der Waals surface area contributed by atoms with Crippen molar-refractivity contribution < 1.29 is 0 Å². The maximum atomic E-state index is 4.29. The third-order valence-corrected chi connectivity index (χ3v) is 4.45. The average Bonchev–Trinajstić information content (AvgIpc) is 2.93. The van der Waals surface area contributed by atoms with Gasteiger partial charge in [-0.15, -0.1) is 0 Å². The van der Waals surface area contributed by atoms with Crippen LogP contribution in [0.15, 0.2) is 42.7 Å². The Balaban J connectivity index is 1.62. The van der Waals surface area contributed by atoms with Gasteiger partial charge in [0.15, 0.2) is 0 Å². The second-order valence-electron chi connectivity index (χ2n) is 5.88. The van der Waals surface area contributed by atoms with Crippen molar-refractivity contribution in [3.63, 3.8) is 0 Å². The van der Waals surface area contributed by atoms with Gasteiger partial charge in [0.2, 0.25) is 0 Å². The fraction of sp³-hybridized carbons (Fsp3) is 0.471. The lowest BCUT2D eigenvalue weighted by Crippen LogP contribution is -2.52. The lowest BCUT2D eigenvalue weighted by Gasteiger charge is -2.39. The summed E-state index contributed by atoms with van der Waals surface area (Å²) < 4.78 is 2.23. The van der Waals surface area contributed by atoms with E-state index in [0.29, 0.717) is 12.1 Å². The molecule has 2 aromatic rings. The number of rotatable bonds is 4. The van der Waals surface area contributed by atoms with Crippen molar-refractivity contribution in [2.24, 2.45) is 0 Å². The van der Waals surface area contributed by atoms with Gasteiger partial charge in [0.1, 0.15) is 5.82 Å². The summed E-state index contributed by atoms with van der Waals surface area (Å²) in [6.07, 6.45) is 3.94. The lowest BCUT2D eigenvalue weighted by atomic mass is 10.0. The number of hydrogen-bond acceptors (Lipinski definition) is 3. The third-order valence-electron chi connectivity index (χ3n) is 4.45. The number of nitrogens with zero attached hydrogens (tertiary/aromatic N) is 3. The molecule has 4 nitrogen and oxygen atoms in total. The zero-order valence-corrected chi connectivity index (χ0v) is 12.9. The summed E-state index contributed by atoms with van der Waals surface area (Å²) in [5.74, 6) is 1.09. The normalized spacial score (nSPS) is 23.3. The molecule has 2 heterocycles. The van der Waals surface area contributed by atoms with Gasteiger partial charge >= 0.3 is 0 Å². The molecule has 1 aromatic carbocycles. The van der Waals surface area contributed by atoms with Gasteiger partial charge in [-0.1, -0.05) is 30.3 Å². The van der Waals surface area contributed by atoms with Gasteiger partial charge in [0.05, 0.1) is 0 Å². The van der Waals surface area contributed by atoms with E-state index >= 15 is 0 Å². The largest absolute Gasteiger partial charge is 0.334 e. The molecule has 4 heteroatoms. The topological polar surface area (TPSA) is 33.1 Å². The molecule has 0 bridgehead atoms. The molecular weight excluding hydrogens is 260 g/mol. The summed E-state index contributed by atoms with van der Waals surface area (Å²) in [6, 6.07) is 11.8. The molecule has 0 radical (unpaired) electrons. The van der Waals surface area contributed by atoms with Crippen molar-refractivity contribution >= 4 is 0 Å². The minimum absolute atomic E-state index is 0.436. The molecule has 1 saturated heterocycles. The van der Waals surface area contributed by atoms with Gasteiger partial charge in [-0.2, -0.15) is 0 Å². The first-order chi connectivity index (χ1) is 10.2. The molecule has 3 rings (SSSR count). The molecule has 21 heavy (non-hydrogen) atoms. The Labute approximate surface area is 126 Å². The standard InChI is InChI=1S/C17H24N4/c1-14-12-19-17(16-6-4-3-5-7-16)13-21(14)11-10-20-9-8-18-15(20)2/h3-9,14,17,19H,10-13H2,1-2H3. The maximum Gasteiger partial charge on any atom is 0.105 e. The SMILES string of the molecule is Cc1nccn1CCN1CC(c2ccccc2)NCC1C. The second kappa shape index (κ2) is 6.41. The van der Waals surface area contributed by atoms with Crippen LogP contribution in [0, 0.1) is 6.92 Å². The van der Waals surface area contributed by atoms with E-state index in [0.717, 1.165) is 32.0 Å². The number of aromatic nitrogens is 2. The number of piperazine rings is 1. The van der Waals surface area contributed by atoms with E-state index in [1.807, 2.05) is 6.20 Å². The minimum Gasteiger partial charge on any atom is -0.334 e. The Bertz CT molecular complexity index is 563. The fourth-order valence-electron chi connectivity index (χ4n) is 3.02. The van der Waals surface area contributed by atoms with Crippen LogP contribution in [0.2, 0.25) is 0 Å².